The molecule has 1 aliphatic heterocycles. The fourth-order valence-corrected chi connectivity index (χ4v) is 4.52. The average molecular weight is 450 g/mol. The first-order chi connectivity index (χ1) is 15.4. The van der Waals surface area contributed by atoms with Crippen LogP contribution in [0.5, 0.6) is 0 Å². The van der Waals surface area contributed by atoms with E-state index in [9.17, 15) is 8.42 Å². The Hall–Kier alpha value is -3.02. The summed E-state index contributed by atoms with van der Waals surface area (Å²) < 4.78 is 42.8. The second-order valence-corrected chi connectivity index (χ2v) is 9.29. The molecule has 0 bridgehead atoms. The summed E-state index contributed by atoms with van der Waals surface area (Å²) in [5.41, 5.74) is 3.25. The minimum absolute atomic E-state index is 0.104. The molecule has 0 amide bonds. The Kier molecular flexibility index (Phi) is 6.40. The van der Waals surface area contributed by atoms with Gasteiger partial charge in [0.05, 0.1) is 24.7 Å². The van der Waals surface area contributed by atoms with Gasteiger partial charge in [0.15, 0.2) is 11.5 Å². The number of ether oxygens (including phenoxy) is 2. The van der Waals surface area contributed by atoms with Gasteiger partial charge in [0.2, 0.25) is 0 Å². The Morgan fingerprint density at radius 3 is 2.38 bits per heavy atom. The normalized spacial score (nSPS) is 20.7. The van der Waals surface area contributed by atoms with Gasteiger partial charge in [0.25, 0.3) is 10.1 Å². The minimum Gasteiger partial charge on any atom is -0.343 e. The standard InChI is InChI=1S/C25H23NO5S/c1-19-8-14-24(15-9-19)32(27,28)30-18-23-17-29-25(31-23,16-20-6-4-3-5-7-20)21-10-12-22(26-2)13-11-21/h3-15,23H,16-18H2,1H3/t23-,25+/m0/s1. The van der Waals surface area contributed by atoms with Gasteiger partial charge in [-0.05, 0) is 24.6 Å². The first-order valence-corrected chi connectivity index (χ1v) is 11.6. The van der Waals surface area contributed by atoms with Crippen molar-refractivity contribution >= 4 is 15.8 Å². The summed E-state index contributed by atoms with van der Waals surface area (Å²) in [5, 5.41) is 0. The smallest absolute Gasteiger partial charge is 0.297 e. The van der Waals surface area contributed by atoms with Crippen molar-refractivity contribution in [3.63, 3.8) is 0 Å². The van der Waals surface area contributed by atoms with Crippen LogP contribution in [0.1, 0.15) is 16.7 Å². The van der Waals surface area contributed by atoms with Crippen LogP contribution in [0.4, 0.5) is 5.69 Å². The van der Waals surface area contributed by atoms with Crippen molar-refractivity contribution in [3.05, 3.63) is 107 Å². The summed E-state index contributed by atoms with van der Waals surface area (Å²) in [6.07, 6.45) is -0.133. The SMILES string of the molecule is [C-]#[N+]c1ccc([C@]2(Cc3ccccc3)OC[C@@H](COS(=O)(=O)c3ccc(C)cc3)O2)cc1. The summed E-state index contributed by atoms with van der Waals surface area (Å²) in [6, 6.07) is 23.3. The molecule has 0 unspecified atom stereocenters. The predicted octanol–water partition coefficient (Wildman–Crippen LogP) is 4.76. The van der Waals surface area contributed by atoms with E-state index in [1.807, 2.05) is 49.4 Å². The lowest BCUT2D eigenvalue weighted by Gasteiger charge is -2.29. The van der Waals surface area contributed by atoms with Crippen LogP contribution in [-0.2, 0) is 36.0 Å². The molecule has 6 nitrogen and oxygen atoms in total. The molecule has 1 aliphatic rings. The van der Waals surface area contributed by atoms with Crippen LogP contribution >= 0.6 is 0 Å². The average Bonchev–Trinajstić information content (AvgIpc) is 3.23. The number of hydrogen-bond acceptors (Lipinski definition) is 5. The highest BCUT2D eigenvalue weighted by atomic mass is 32.2. The van der Waals surface area contributed by atoms with Gasteiger partial charge < -0.3 is 9.47 Å². The van der Waals surface area contributed by atoms with Gasteiger partial charge in [-0.2, -0.15) is 8.42 Å². The van der Waals surface area contributed by atoms with Gasteiger partial charge in [-0.15, -0.1) is 0 Å². The Morgan fingerprint density at radius 2 is 1.72 bits per heavy atom. The van der Waals surface area contributed by atoms with Crippen LogP contribution in [0.2, 0.25) is 0 Å². The lowest BCUT2D eigenvalue weighted by atomic mass is 9.97. The second kappa shape index (κ2) is 9.23. The molecule has 4 rings (SSSR count). The van der Waals surface area contributed by atoms with Crippen molar-refractivity contribution in [1.29, 1.82) is 0 Å². The molecule has 0 aliphatic carbocycles. The van der Waals surface area contributed by atoms with Crippen LogP contribution in [-0.4, -0.2) is 27.7 Å². The highest BCUT2D eigenvalue weighted by molar-refractivity contribution is 7.86. The van der Waals surface area contributed by atoms with Gasteiger partial charge in [-0.1, -0.05) is 72.3 Å². The maximum absolute atomic E-state index is 12.5. The highest BCUT2D eigenvalue weighted by Crippen LogP contribution is 2.38. The van der Waals surface area contributed by atoms with Crippen LogP contribution in [0, 0.1) is 13.5 Å². The van der Waals surface area contributed by atoms with Crippen LogP contribution in [0.15, 0.2) is 83.8 Å². The van der Waals surface area contributed by atoms with Crippen molar-refractivity contribution < 1.29 is 22.1 Å². The van der Waals surface area contributed by atoms with E-state index in [0.29, 0.717) is 12.1 Å². The summed E-state index contributed by atoms with van der Waals surface area (Å²) in [4.78, 5) is 3.54. The molecule has 0 spiro atoms. The van der Waals surface area contributed by atoms with Gasteiger partial charge in [-0.25, -0.2) is 4.85 Å². The van der Waals surface area contributed by atoms with Crippen molar-refractivity contribution in [3.8, 4) is 0 Å². The third-order valence-corrected chi connectivity index (χ3v) is 6.59. The highest BCUT2D eigenvalue weighted by Gasteiger charge is 2.43. The lowest BCUT2D eigenvalue weighted by molar-refractivity contribution is -0.178. The summed E-state index contributed by atoms with van der Waals surface area (Å²) in [6.45, 7) is 9.08. The maximum Gasteiger partial charge on any atom is 0.297 e. The van der Waals surface area contributed by atoms with Crippen LogP contribution in [0.25, 0.3) is 4.85 Å². The van der Waals surface area contributed by atoms with Crippen molar-refractivity contribution in [1.82, 2.24) is 0 Å². The zero-order valence-corrected chi connectivity index (χ0v) is 18.4. The molecule has 7 heteroatoms. The second-order valence-electron chi connectivity index (χ2n) is 7.68. The van der Waals surface area contributed by atoms with E-state index in [2.05, 4.69) is 4.85 Å². The van der Waals surface area contributed by atoms with Crippen LogP contribution < -0.4 is 0 Å². The first-order valence-electron chi connectivity index (χ1n) is 10.2. The van der Waals surface area contributed by atoms with E-state index in [1.54, 1.807) is 24.3 Å². The van der Waals surface area contributed by atoms with Gasteiger partial charge >= 0.3 is 0 Å². The van der Waals surface area contributed by atoms with Crippen molar-refractivity contribution in [2.24, 2.45) is 0 Å². The van der Waals surface area contributed by atoms with Gasteiger partial charge in [0.1, 0.15) is 6.10 Å². The molecule has 0 saturated carbocycles. The first kappa shape index (κ1) is 22.2. The molecule has 1 saturated heterocycles. The summed E-state index contributed by atoms with van der Waals surface area (Å²) in [7, 11) is -3.90. The Balaban J connectivity index is 1.52. The molecule has 0 radical (unpaired) electrons. The van der Waals surface area contributed by atoms with Crippen molar-refractivity contribution in [2.75, 3.05) is 13.2 Å². The quantitative estimate of drug-likeness (QED) is 0.384. The third kappa shape index (κ3) is 4.90. The van der Waals surface area contributed by atoms with Crippen molar-refractivity contribution in [2.45, 2.75) is 30.1 Å². The maximum atomic E-state index is 12.5. The Bertz CT molecular complexity index is 1200. The number of nitrogens with zero attached hydrogens (tertiary/aromatic N) is 1. The number of benzene rings is 3. The molecular formula is C25H23NO5S. The Morgan fingerprint density at radius 1 is 1.03 bits per heavy atom. The zero-order valence-electron chi connectivity index (χ0n) is 17.6. The molecule has 0 aromatic heterocycles. The van der Waals surface area contributed by atoms with E-state index in [1.165, 1.54) is 12.1 Å². The number of hydrogen-bond donors (Lipinski definition) is 0. The molecule has 2 atom stereocenters. The molecule has 1 heterocycles. The Labute approximate surface area is 188 Å². The molecule has 3 aromatic carbocycles. The number of aryl methyl sites for hydroxylation is 1. The molecule has 32 heavy (non-hydrogen) atoms. The predicted molar refractivity (Wildman–Crippen MR) is 120 cm³/mol. The third-order valence-electron chi connectivity index (χ3n) is 5.29. The van der Waals surface area contributed by atoms with E-state index in [-0.39, 0.29) is 18.1 Å². The van der Waals surface area contributed by atoms with Crippen LogP contribution in [0.3, 0.4) is 0 Å². The van der Waals surface area contributed by atoms with E-state index in [0.717, 1.165) is 16.7 Å². The van der Waals surface area contributed by atoms with E-state index >= 15 is 0 Å². The minimum atomic E-state index is -3.90. The zero-order chi connectivity index (χ0) is 22.6. The molecular weight excluding hydrogens is 426 g/mol. The fraction of sp³-hybridized carbons (Fsp3) is 0.240. The molecule has 164 valence electrons. The monoisotopic (exact) mass is 449 g/mol. The molecule has 0 N–H and O–H groups in total. The molecule has 1 fully saturated rings. The fourth-order valence-electron chi connectivity index (χ4n) is 3.59. The number of rotatable bonds is 7. The molecule has 3 aromatic rings. The van der Waals surface area contributed by atoms with E-state index in [4.69, 9.17) is 20.2 Å². The summed E-state index contributed by atoms with van der Waals surface area (Å²) in [5.74, 6) is -1.09. The summed E-state index contributed by atoms with van der Waals surface area (Å²) >= 11 is 0. The topological polar surface area (TPSA) is 66.2 Å². The van der Waals surface area contributed by atoms with E-state index < -0.39 is 22.0 Å². The lowest BCUT2D eigenvalue weighted by Crippen LogP contribution is -2.32. The van der Waals surface area contributed by atoms with Gasteiger partial charge in [-0.3, -0.25) is 4.18 Å². The van der Waals surface area contributed by atoms with Gasteiger partial charge in [0, 0.05) is 12.0 Å². The largest absolute Gasteiger partial charge is 0.343 e.